The maximum atomic E-state index is 13.8. The van der Waals surface area contributed by atoms with Crippen LogP contribution in [0.15, 0.2) is 72.3 Å². The molecular formula is C28H24F2N2O3. The van der Waals surface area contributed by atoms with Gasteiger partial charge in [0.05, 0.1) is 11.6 Å². The number of halogens is 2. The Morgan fingerprint density at radius 2 is 1.51 bits per heavy atom. The Hall–Kier alpha value is -4.00. The first-order chi connectivity index (χ1) is 16.8. The molecular weight excluding hydrogens is 450 g/mol. The Labute approximate surface area is 201 Å². The van der Waals surface area contributed by atoms with Crippen LogP contribution >= 0.6 is 0 Å². The first kappa shape index (κ1) is 22.8. The molecule has 0 bridgehead atoms. The van der Waals surface area contributed by atoms with Gasteiger partial charge in [0.15, 0.2) is 0 Å². The van der Waals surface area contributed by atoms with Crippen molar-refractivity contribution in [3.8, 4) is 0 Å². The average molecular weight is 475 g/mol. The summed E-state index contributed by atoms with van der Waals surface area (Å²) in [6.07, 6.45) is 2.26. The molecule has 0 aromatic heterocycles. The van der Waals surface area contributed by atoms with Gasteiger partial charge in [0, 0.05) is 30.0 Å². The van der Waals surface area contributed by atoms with Crippen molar-refractivity contribution in [2.75, 3.05) is 22.9 Å². The van der Waals surface area contributed by atoms with Gasteiger partial charge < -0.3 is 10.0 Å². The van der Waals surface area contributed by atoms with E-state index >= 15 is 0 Å². The van der Waals surface area contributed by atoms with Crippen molar-refractivity contribution < 1.29 is 23.5 Å². The van der Waals surface area contributed by atoms with Gasteiger partial charge in [-0.25, -0.2) is 8.78 Å². The van der Waals surface area contributed by atoms with Crippen LogP contribution in [-0.4, -0.2) is 29.9 Å². The molecule has 2 aliphatic heterocycles. The fourth-order valence-corrected chi connectivity index (χ4v) is 4.81. The SMILES string of the molecule is Cc1cc(/C(O)=C2/C(=O)C(=O)N(c3ccc(N4CCCC4)cc3)C2c2ccc(F)cc2)ccc1F. The van der Waals surface area contributed by atoms with Crippen LogP contribution in [0.4, 0.5) is 20.2 Å². The maximum absolute atomic E-state index is 13.8. The van der Waals surface area contributed by atoms with Gasteiger partial charge in [0.1, 0.15) is 17.4 Å². The molecule has 0 saturated carbocycles. The quantitative estimate of drug-likeness (QED) is 0.308. The van der Waals surface area contributed by atoms with Crippen LogP contribution in [0.1, 0.15) is 35.6 Å². The number of anilines is 2. The predicted molar refractivity (Wildman–Crippen MR) is 130 cm³/mol. The smallest absolute Gasteiger partial charge is 0.300 e. The van der Waals surface area contributed by atoms with Gasteiger partial charge in [0.25, 0.3) is 11.7 Å². The van der Waals surface area contributed by atoms with E-state index in [9.17, 15) is 23.5 Å². The van der Waals surface area contributed by atoms with Crippen molar-refractivity contribution >= 4 is 28.8 Å². The summed E-state index contributed by atoms with van der Waals surface area (Å²) in [6.45, 7) is 3.48. The zero-order valence-electron chi connectivity index (χ0n) is 19.2. The molecule has 178 valence electrons. The number of benzene rings is 3. The van der Waals surface area contributed by atoms with Crippen LogP contribution in [0.5, 0.6) is 0 Å². The summed E-state index contributed by atoms with van der Waals surface area (Å²) in [6, 6.07) is 15.8. The summed E-state index contributed by atoms with van der Waals surface area (Å²) < 4.78 is 27.5. The largest absolute Gasteiger partial charge is 0.507 e. The third-order valence-electron chi connectivity index (χ3n) is 6.66. The second-order valence-corrected chi connectivity index (χ2v) is 8.90. The number of hydrogen-bond donors (Lipinski definition) is 1. The summed E-state index contributed by atoms with van der Waals surface area (Å²) in [5, 5.41) is 11.1. The standard InChI is InChI=1S/C28H24F2N2O3/c1-17-16-19(6-13-23(17)30)26(33)24-25(18-4-7-20(29)8-5-18)32(28(35)27(24)34)22-11-9-21(10-12-22)31-14-2-3-15-31/h4-13,16,25,33H,2-3,14-15H2,1H3/b26-24-. The fraction of sp³-hybridized carbons (Fsp3) is 0.214. The number of aryl methyl sites for hydroxylation is 1. The molecule has 3 aromatic carbocycles. The highest BCUT2D eigenvalue weighted by Gasteiger charge is 2.47. The van der Waals surface area contributed by atoms with E-state index in [-0.39, 0.29) is 11.1 Å². The second kappa shape index (κ2) is 8.98. The monoisotopic (exact) mass is 474 g/mol. The normalized spacial score (nSPS) is 19.6. The van der Waals surface area contributed by atoms with Crippen LogP contribution in [0.25, 0.3) is 5.76 Å². The van der Waals surface area contributed by atoms with Gasteiger partial charge in [-0.3, -0.25) is 14.5 Å². The molecule has 2 heterocycles. The zero-order chi connectivity index (χ0) is 24.7. The Morgan fingerprint density at radius 3 is 2.14 bits per heavy atom. The minimum absolute atomic E-state index is 0.128. The highest BCUT2D eigenvalue weighted by molar-refractivity contribution is 6.51. The van der Waals surface area contributed by atoms with Crippen LogP contribution in [0.2, 0.25) is 0 Å². The molecule has 1 unspecified atom stereocenters. The molecule has 5 nitrogen and oxygen atoms in total. The van der Waals surface area contributed by atoms with E-state index in [0.717, 1.165) is 31.6 Å². The van der Waals surface area contributed by atoms with Crippen molar-refractivity contribution in [3.05, 3.63) is 101 Å². The molecule has 3 aromatic rings. The van der Waals surface area contributed by atoms with E-state index in [2.05, 4.69) is 4.90 Å². The molecule has 1 amide bonds. The van der Waals surface area contributed by atoms with Crippen molar-refractivity contribution in [2.24, 2.45) is 0 Å². The Bertz CT molecular complexity index is 1330. The lowest BCUT2D eigenvalue weighted by atomic mass is 9.94. The number of nitrogens with zero attached hydrogens (tertiary/aromatic N) is 2. The van der Waals surface area contributed by atoms with E-state index < -0.39 is 35.1 Å². The third kappa shape index (κ3) is 4.07. The third-order valence-corrected chi connectivity index (χ3v) is 6.66. The summed E-state index contributed by atoms with van der Waals surface area (Å²) in [7, 11) is 0. The number of ketones is 1. The van der Waals surface area contributed by atoms with E-state index in [4.69, 9.17) is 0 Å². The topological polar surface area (TPSA) is 60.9 Å². The van der Waals surface area contributed by atoms with Gasteiger partial charge in [-0.15, -0.1) is 0 Å². The van der Waals surface area contributed by atoms with E-state index in [1.165, 1.54) is 47.4 Å². The minimum Gasteiger partial charge on any atom is -0.507 e. The van der Waals surface area contributed by atoms with Crippen molar-refractivity contribution in [1.82, 2.24) is 0 Å². The highest BCUT2D eigenvalue weighted by Crippen LogP contribution is 2.42. The molecule has 35 heavy (non-hydrogen) atoms. The van der Waals surface area contributed by atoms with Crippen LogP contribution < -0.4 is 9.80 Å². The average Bonchev–Trinajstić information content (AvgIpc) is 3.48. The van der Waals surface area contributed by atoms with Gasteiger partial charge in [-0.05, 0) is 85.5 Å². The molecule has 2 fully saturated rings. The van der Waals surface area contributed by atoms with Gasteiger partial charge in [-0.2, -0.15) is 0 Å². The van der Waals surface area contributed by atoms with E-state index in [1.807, 2.05) is 12.1 Å². The lowest BCUT2D eigenvalue weighted by Crippen LogP contribution is -2.29. The zero-order valence-corrected chi connectivity index (χ0v) is 19.2. The minimum atomic E-state index is -0.974. The molecule has 2 aliphatic rings. The molecule has 1 atom stereocenters. The molecule has 5 rings (SSSR count). The maximum Gasteiger partial charge on any atom is 0.300 e. The van der Waals surface area contributed by atoms with Crippen LogP contribution in [0.3, 0.4) is 0 Å². The summed E-state index contributed by atoms with van der Waals surface area (Å²) in [4.78, 5) is 30.0. The van der Waals surface area contributed by atoms with Crippen molar-refractivity contribution in [3.63, 3.8) is 0 Å². The first-order valence-corrected chi connectivity index (χ1v) is 11.5. The number of amides is 1. The van der Waals surface area contributed by atoms with Crippen LogP contribution in [0, 0.1) is 18.6 Å². The molecule has 7 heteroatoms. The van der Waals surface area contributed by atoms with Crippen molar-refractivity contribution in [2.45, 2.75) is 25.8 Å². The molecule has 0 aliphatic carbocycles. The number of aliphatic hydroxyl groups excluding tert-OH is 1. The van der Waals surface area contributed by atoms with E-state index in [0.29, 0.717) is 16.8 Å². The van der Waals surface area contributed by atoms with Gasteiger partial charge in [-0.1, -0.05) is 12.1 Å². The second-order valence-electron chi connectivity index (χ2n) is 8.90. The van der Waals surface area contributed by atoms with Crippen molar-refractivity contribution in [1.29, 1.82) is 0 Å². The number of aliphatic hydroxyl groups is 1. The fourth-order valence-electron chi connectivity index (χ4n) is 4.81. The number of Topliss-reactive ketones (excluding diaryl/α,β-unsaturated/α-hetero) is 1. The molecule has 0 spiro atoms. The molecule has 2 saturated heterocycles. The summed E-state index contributed by atoms with van der Waals surface area (Å²) >= 11 is 0. The predicted octanol–water partition coefficient (Wildman–Crippen LogP) is 5.50. The van der Waals surface area contributed by atoms with E-state index in [1.54, 1.807) is 19.1 Å². The summed E-state index contributed by atoms with van der Waals surface area (Å²) in [5.74, 6) is -2.97. The lowest BCUT2D eigenvalue weighted by Gasteiger charge is -2.26. The highest BCUT2D eigenvalue weighted by atomic mass is 19.1. The van der Waals surface area contributed by atoms with Gasteiger partial charge >= 0.3 is 0 Å². The summed E-state index contributed by atoms with van der Waals surface area (Å²) in [5.41, 5.74) is 2.37. The number of rotatable bonds is 4. The molecule has 0 radical (unpaired) electrons. The Kier molecular flexibility index (Phi) is 5.84. The van der Waals surface area contributed by atoms with Gasteiger partial charge in [0.2, 0.25) is 0 Å². The first-order valence-electron chi connectivity index (χ1n) is 11.5. The number of hydrogen-bond acceptors (Lipinski definition) is 4. The number of carbonyl (C=O) groups is 2. The molecule has 1 N–H and O–H groups in total. The number of carbonyl (C=O) groups excluding carboxylic acids is 2. The van der Waals surface area contributed by atoms with Crippen LogP contribution in [-0.2, 0) is 9.59 Å². The Morgan fingerprint density at radius 1 is 0.886 bits per heavy atom. The lowest BCUT2D eigenvalue weighted by molar-refractivity contribution is -0.132. The Balaban J connectivity index is 1.63.